The van der Waals surface area contributed by atoms with E-state index in [0.717, 1.165) is 23.7 Å². The first-order valence-electron chi connectivity index (χ1n) is 11.1. The van der Waals surface area contributed by atoms with E-state index in [2.05, 4.69) is 20.9 Å². The molecule has 176 valence electrons. The van der Waals surface area contributed by atoms with Gasteiger partial charge < -0.3 is 25.7 Å². The van der Waals surface area contributed by atoms with Crippen LogP contribution in [0.1, 0.15) is 42.6 Å². The summed E-state index contributed by atoms with van der Waals surface area (Å²) in [6.07, 6.45) is 3.20. The fraction of sp³-hybridized carbons (Fsp3) is 0.478. The van der Waals surface area contributed by atoms with Gasteiger partial charge in [0.05, 0.1) is 7.11 Å². The monoisotopic (exact) mass is 474 g/mol. The van der Waals surface area contributed by atoms with Crippen LogP contribution in [-0.2, 0) is 19.1 Å². The lowest BCUT2D eigenvalue weighted by atomic mass is 9.97. The molecule has 1 aliphatic carbocycles. The molecular formula is C23H27ClN4O5. The van der Waals surface area contributed by atoms with Crippen LogP contribution < -0.4 is 16.0 Å². The molecule has 9 nitrogen and oxygen atoms in total. The Bertz CT molecular complexity index is 1080. The largest absolute Gasteiger partial charge is 0.467 e. The van der Waals surface area contributed by atoms with Crippen molar-refractivity contribution < 1.29 is 23.9 Å². The van der Waals surface area contributed by atoms with Gasteiger partial charge >= 0.3 is 5.97 Å². The van der Waals surface area contributed by atoms with Crippen molar-refractivity contribution >= 4 is 46.2 Å². The van der Waals surface area contributed by atoms with E-state index in [0.29, 0.717) is 36.0 Å². The molecule has 0 unspecified atom stereocenters. The SMILES string of the molecule is COC(=O)[C@H](C[C@@H]1CCNC1=O)NC(=O)[C@H](CC1CC1)NC(=O)c1cc2ccc(Cl)cc2[nH]1. The number of esters is 1. The average molecular weight is 475 g/mol. The number of benzene rings is 1. The minimum Gasteiger partial charge on any atom is -0.467 e. The van der Waals surface area contributed by atoms with E-state index in [1.807, 2.05) is 0 Å². The second-order valence-corrected chi connectivity index (χ2v) is 9.15. The van der Waals surface area contributed by atoms with Gasteiger partial charge in [-0.2, -0.15) is 0 Å². The van der Waals surface area contributed by atoms with E-state index in [-0.39, 0.29) is 18.2 Å². The summed E-state index contributed by atoms with van der Waals surface area (Å²) in [7, 11) is 1.24. The molecule has 1 aromatic carbocycles. The number of H-pyrrole nitrogens is 1. The molecule has 0 radical (unpaired) electrons. The van der Waals surface area contributed by atoms with E-state index in [4.69, 9.17) is 16.3 Å². The van der Waals surface area contributed by atoms with Crippen LogP contribution in [0.15, 0.2) is 24.3 Å². The number of aromatic amines is 1. The Morgan fingerprint density at radius 1 is 1.12 bits per heavy atom. The fourth-order valence-electron chi connectivity index (χ4n) is 4.16. The Morgan fingerprint density at radius 2 is 1.91 bits per heavy atom. The number of amides is 3. The number of rotatable bonds is 9. The molecule has 33 heavy (non-hydrogen) atoms. The predicted molar refractivity (Wildman–Crippen MR) is 122 cm³/mol. The third-order valence-corrected chi connectivity index (χ3v) is 6.44. The third-order valence-electron chi connectivity index (χ3n) is 6.20. The van der Waals surface area contributed by atoms with Crippen molar-refractivity contribution in [3.8, 4) is 0 Å². The number of hydrogen-bond acceptors (Lipinski definition) is 5. The van der Waals surface area contributed by atoms with Crippen LogP contribution in [0, 0.1) is 11.8 Å². The van der Waals surface area contributed by atoms with E-state index >= 15 is 0 Å². The maximum absolute atomic E-state index is 13.1. The van der Waals surface area contributed by atoms with E-state index in [1.54, 1.807) is 24.3 Å². The summed E-state index contributed by atoms with van der Waals surface area (Å²) in [5, 5.41) is 9.61. The maximum Gasteiger partial charge on any atom is 0.328 e. The number of hydrogen-bond donors (Lipinski definition) is 4. The van der Waals surface area contributed by atoms with Crippen molar-refractivity contribution in [1.82, 2.24) is 20.9 Å². The Balaban J connectivity index is 1.46. The number of nitrogens with one attached hydrogen (secondary N) is 4. The standard InChI is InChI=1S/C23H27ClN4O5/c1-33-23(32)19(10-14-6-7-25-20(14)29)28-21(30)17(8-12-2-3-12)27-22(31)18-9-13-4-5-15(24)11-16(13)26-18/h4-5,9,11-12,14,17,19,26H,2-3,6-8,10H2,1H3,(H,25,29)(H,27,31)(H,28,30)/t14-,17-,19-/m0/s1. The van der Waals surface area contributed by atoms with Crippen LogP contribution in [-0.4, -0.2) is 54.4 Å². The second-order valence-electron chi connectivity index (χ2n) is 8.72. The van der Waals surface area contributed by atoms with Gasteiger partial charge in [0.25, 0.3) is 5.91 Å². The fourth-order valence-corrected chi connectivity index (χ4v) is 4.33. The van der Waals surface area contributed by atoms with E-state index in [1.165, 1.54) is 7.11 Å². The number of aromatic nitrogens is 1. The van der Waals surface area contributed by atoms with Gasteiger partial charge in [-0.15, -0.1) is 0 Å². The Labute approximate surface area is 195 Å². The van der Waals surface area contributed by atoms with Crippen molar-refractivity contribution in [1.29, 1.82) is 0 Å². The topological polar surface area (TPSA) is 129 Å². The van der Waals surface area contributed by atoms with E-state index in [9.17, 15) is 19.2 Å². The van der Waals surface area contributed by atoms with Crippen molar-refractivity contribution in [2.45, 2.75) is 44.2 Å². The molecule has 2 fully saturated rings. The molecule has 1 saturated carbocycles. The highest BCUT2D eigenvalue weighted by atomic mass is 35.5. The summed E-state index contributed by atoms with van der Waals surface area (Å²) in [4.78, 5) is 53.3. The molecule has 4 N–H and O–H groups in total. The number of halogens is 1. The van der Waals surface area contributed by atoms with E-state index < -0.39 is 29.9 Å². The van der Waals surface area contributed by atoms with Gasteiger partial charge in [-0.05, 0) is 43.4 Å². The first-order chi connectivity index (χ1) is 15.8. The van der Waals surface area contributed by atoms with Crippen LogP contribution in [0.25, 0.3) is 10.9 Å². The van der Waals surface area contributed by atoms with Gasteiger partial charge in [0.1, 0.15) is 17.8 Å². The van der Waals surface area contributed by atoms with Crippen molar-refractivity contribution in [2.24, 2.45) is 11.8 Å². The van der Waals surface area contributed by atoms with Crippen molar-refractivity contribution in [3.63, 3.8) is 0 Å². The highest BCUT2D eigenvalue weighted by Crippen LogP contribution is 2.33. The quantitative estimate of drug-likeness (QED) is 0.412. The minimum absolute atomic E-state index is 0.139. The second kappa shape index (κ2) is 9.82. The van der Waals surface area contributed by atoms with Crippen LogP contribution in [0.4, 0.5) is 0 Å². The lowest BCUT2D eigenvalue weighted by Gasteiger charge is -2.23. The van der Waals surface area contributed by atoms with Gasteiger partial charge in [0.2, 0.25) is 11.8 Å². The summed E-state index contributed by atoms with van der Waals surface area (Å²) in [5.74, 6) is -1.67. The molecule has 10 heteroatoms. The Morgan fingerprint density at radius 3 is 2.58 bits per heavy atom. The van der Waals surface area contributed by atoms with Gasteiger partial charge in [-0.3, -0.25) is 14.4 Å². The summed E-state index contributed by atoms with van der Waals surface area (Å²) >= 11 is 6.02. The number of ether oxygens (including phenoxy) is 1. The molecular weight excluding hydrogens is 448 g/mol. The smallest absolute Gasteiger partial charge is 0.328 e. The summed E-state index contributed by atoms with van der Waals surface area (Å²) in [6, 6.07) is 5.18. The summed E-state index contributed by atoms with van der Waals surface area (Å²) < 4.78 is 4.84. The van der Waals surface area contributed by atoms with Crippen molar-refractivity contribution in [2.75, 3.05) is 13.7 Å². The number of carbonyl (C=O) groups is 4. The molecule has 4 rings (SSSR count). The Hall–Kier alpha value is -3.07. The molecule has 0 bridgehead atoms. The molecule has 1 aromatic heterocycles. The van der Waals surface area contributed by atoms with Gasteiger partial charge in [-0.25, -0.2) is 4.79 Å². The van der Waals surface area contributed by atoms with Crippen LogP contribution in [0.2, 0.25) is 5.02 Å². The molecule has 2 heterocycles. The van der Waals surface area contributed by atoms with Crippen LogP contribution in [0.3, 0.4) is 0 Å². The third kappa shape index (κ3) is 5.65. The zero-order chi connectivity index (χ0) is 23.5. The summed E-state index contributed by atoms with van der Waals surface area (Å²) in [5.41, 5.74) is 1.03. The average Bonchev–Trinajstić information content (AvgIpc) is 3.37. The lowest BCUT2D eigenvalue weighted by Crippen LogP contribution is -2.52. The highest BCUT2D eigenvalue weighted by molar-refractivity contribution is 6.31. The molecule has 0 spiro atoms. The predicted octanol–water partition coefficient (Wildman–Crippen LogP) is 1.90. The van der Waals surface area contributed by atoms with Gasteiger partial charge in [0.15, 0.2) is 0 Å². The van der Waals surface area contributed by atoms with Crippen LogP contribution >= 0.6 is 11.6 Å². The molecule has 2 aromatic rings. The highest BCUT2D eigenvalue weighted by Gasteiger charge is 2.35. The molecule has 1 aliphatic heterocycles. The Kier molecular flexibility index (Phi) is 6.88. The maximum atomic E-state index is 13.1. The number of fused-ring (bicyclic) bond motifs is 1. The molecule has 1 saturated heterocycles. The minimum atomic E-state index is -0.967. The first-order valence-corrected chi connectivity index (χ1v) is 11.5. The molecule has 2 aliphatic rings. The lowest BCUT2D eigenvalue weighted by molar-refractivity contribution is -0.146. The first kappa shape index (κ1) is 23.1. The zero-order valence-electron chi connectivity index (χ0n) is 18.3. The number of methoxy groups -OCH3 is 1. The normalized spacial score (nSPS) is 19.6. The zero-order valence-corrected chi connectivity index (χ0v) is 19.0. The summed E-state index contributed by atoms with van der Waals surface area (Å²) in [6.45, 7) is 0.543. The number of carbonyl (C=O) groups excluding carboxylic acids is 4. The van der Waals surface area contributed by atoms with Crippen molar-refractivity contribution in [3.05, 3.63) is 35.0 Å². The van der Waals surface area contributed by atoms with Crippen LogP contribution in [0.5, 0.6) is 0 Å². The van der Waals surface area contributed by atoms with Gasteiger partial charge in [-0.1, -0.05) is 30.5 Å². The van der Waals surface area contributed by atoms with Gasteiger partial charge in [0, 0.05) is 28.4 Å². The molecule has 3 atom stereocenters. The molecule has 3 amide bonds.